The molecule has 106 valence electrons. The summed E-state index contributed by atoms with van der Waals surface area (Å²) in [5, 5.41) is 0. The molecule has 1 aliphatic rings. The molecular formula is C17H27NO. The molecule has 1 fully saturated rings. The zero-order chi connectivity index (χ0) is 13.9. The smallest absolute Gasteiger partial charge is 0.0870 e. The molecule has 0 aromatic heterocycles. The van der Waals surface area contributed by atoms with Crippen LogP contribution in [-0.2, 0) is 11.2 Å². The van der Waals surface area contributed by atoms with Crippen LogP contribution < -0.4 is 5.73 Å². The number of nitrogens with two attached hydrogens (primary N) is 1. The van der Waals surface area contributed by atoms with Crippen molar-refractivity contribution in [1.82, 2.24) is 0 Å². The van der Waals surface area contributed by atoms with Crippen molar-refractivity contribution in [2.24, 2.45) is 11.7 Å². The molecule has 2 N–H and O–H groups in total. The SMILES string of the molecule is CCc1ccc(C(N)C2(OC)CCC(C)CC2)cc1. The Balaban J connectivity index is 2.17. The maximum absolute atomic E-state index is 6.53. The highest BCUT2D eigenvalue weighted by Gasteiger charge is 2.40. The average Bonchev–Trinajstić information content (AvgIpc) is 2.48. The molecule has 1 saturated carbocycles. The van der Waals surface area contributed by atoms with E-state index in [2.05, 4.69) is 38.1 Å². The Hall–Kier alpha value is -0.860. The fraction of sp³-hybridized carbons (Fsp3) is 0.647. The Labute approximate surface area is 117 Å². The number of methoxy groups -OCH3 is 1. The molecule has 0 saturated heterocycles. The summed E-state index contributed by atoms with van der Waals surface area (Å²) in [4.78, 5) is 0. The van der Waals surface area contributed by atoms with Gasteiger partial charge in [0.1, 0.15) is 0 Å². The summed E-state index contributed by atoms with van der Waals surface area (Å²) in [6.45, 7) is 4.50. The molecule has 19 heavy (non-hydrogen) atoms. The van der Waals surface area contributed by atoms with E-state index in [-0.39, 0.29) is 11.6 Å². The lowest BCUT2D eigenvalue weighted by atomic mass is 9.73. The van der Waals surface area contributed by atoms with Gasteiger partial charge in [-0.25, -0.2) is 0 Å². The van der Waals surface area contributed by atoms with Gasteiger partial charge in [-0.2, -0.15) is 0 Å². The minimum absolute atomic E-state index is 0.0177. The quantitative estimate of drug-likeness (QED) is 0.893. The number of benzene rings is 1. The summed E-state index contributed by atoms with van der Waals surface area (Å²) in [6, 6.07) is 8.69. The highest BCUT2D eigenvalue weighted by Crippen LogP contribution is 2.41. The lowest BCUT2D eigenvalue weighted by Crippen LogP contribution is -2.45. The van der Waals surface area contributed by atoms with Gasteiger partial charge in [-0.3, -0.25) is 0 Å². The number of rotatable bonds is 4. The van der Waals surface area contributed by atoms with Gasteiger partial charge in [0.25, 0.3) is 0 Å². The van der Waals surface area contributed by atoms with Crippen molar-refractivity contribution in [3.05, 3.63) is 35.4 Å². The maximum atomic E-state index is 6.53. The third-order valence-corrected chi connectivity index (χ3v) is 4.84. The van der Waals surface area contributed by atoms with Crippen LogP contribution in [0.15, 0.2) is 24.3 Å². The van der Waals surface area contributed by atoms with Crippen molar-refractivity contribution in [3.63, 3.8) is 0 Å². The molecule has 2 nitrogen and oxygen atoms in total. The van der Waals surface area contributed by atoms with Crippen molar-refractivity contribution in [2.75, 3.05) is 7.11 Å². The largest absolute Gasteiger partial charge is 0.376 e. The average molecular weight is 261 g/mol. The third-order valence-electron chi connectivity index (χ3n) is 4.84. The van der Waals surface area contributed by atoms with E-state index in [1.165, 1.54) is 24.0 Å². The van der Waals surface area contributed by atoms with E-state index in [0.717, 1.165) is 25.2 Å². The van der Waals surface area contributed by atoms with Crippen molar-refractivity contribution in [3.8, 4) is 0 Å². The molecule has 0 spiro atoms. The summed E-state index contributed by atoms with van der Waals surface area (Å²) in [5.41, 5.74) is 8.92. The zero-order valence-corrected chi connectivity index (χ0v) is 12.5. The predicted octanol–water partition coefficient (Wildman–Crippen LogP) is 3.84. The molecule has 0 aliphatic heterocycles. The van der Waals surface area contributed by atoms with Gasteiger partial charge in [0.2, 0.25) is 0 Å². The Morgan fingerprint density at radius 2 is 1.84 bits per heavy atom. The minimum Gasteiger partial charge on any atom is -0.376 e. The summed E-state index contributed by atoms with van der Waals surface area (Å²) < 4.78 is 5.87. The number of ether oxygens (including phenoxy) is 1. The van der Waals surface area contributed by atoms with Gasteiger partial charge >= 0.3 is 0 Å². The highest BCUT2D eigenvalue weighted by molar-refractivity contribution is 5.27. The van der Waals surface area contributed by atoms with E-state index >= 15 is 0 Å². The third kappa shape index (κ3) is 3.01. The van der Waals surface area contributed by atoms with Crippen LogP contribution in [0.5, 0.6) is 0 Å². The van der Waals surface area contributed by atoms with Gasteiger partial charge in [-0.1, -0.05) is 38.1 Å². The highest BCUT2D eigenvalue weighted by atomic mass is 16.5. The summed E-state index contributed by atoms with van der Waals surface area (Å²) in [7, 11) is 1.82. The fourth-order valence-electron chi connectivity index (χ4n) is 3.16. The van der Waals surface area contributed by atoms with Crippen LogP contribution in [-0.4, -0.2) is 12.7 Å². The second-order valence-electron chi connectivity index (χ2n) is 6.02. The van der Waals surface area contributed by atoms with Gasteiger partial charge in [-0.15, -0.1) is 0 Å². The Morgan fingerprint density at radius 3 is 2.32 bits per heavy atom. The minimum atomic E-state index is -0.166. The summed E-state index contributed by atoms with van der Waals surface area (Å²) in [5.74, 6) is 0.804. The summed E-state index contributed by atoms with van der Waals surface area (Å²) >= 11 is 0. The van der Waals surface area contributed by atoms with Gasteiger partial charge in [0.15, 0.2) is 0 Å². The molecule has 2 heteroatoms. The topological polar surface area (TPSA) is 35.2 Å². The zero-order valence-electron chi connectivity index (χ0n) is 12.5. The summed E-state index contributed by atoms with van der Waals surface area (Å²) in [6.07, 6.45) is 5.65. The first-order valence-corrected chi connectivity index (χ1v) is 7.51. The van der Waals surface area contributed by atoms with E-state index in [0.29, 0.717) is 0 Å². The second-order valence-corrected chi connectivity index (χ2v) is 6.02. The molecular weight excluding hydrogens is 234 g/mol. The Bertz CT molecular complexity index is 390. The Kier molecular flexibility index (Phi) is 4.64. The predicted molar refractivity (Wildman–Crippen MR) is 80.1 cm³/mol. The van der Waals surface area contributed by atoms with E-state index in [9.17, 15) is 0 Å². The molecule has 0 bridgehead atoms. The van der Waals surface area contributed by atoms with Gasteiger partial charge in [0.05, 0.1) is 11.6 Å². The first-order chi connectivity index (χ1) is 9.11. The fourth-order valence-corrected chi connectivity index (χ4v) is 3.16. The Morgan fingerprint density at radius 1 is 1.26 bits per heavy atom. The van der Waals surface area contributed by atoms with Crippen molar-refractivity contribution >= 4 is 0 Å². The van der Waals surface area contributed by atoms with Crippen LogP contribution in [0.1, 0.15) is 56.7 Å². The maximum Gasteiger partial charge on any atom is 0.0870 e. The lowest BCUT2D eigenvalue weighted by Gasteiger charge is -2.42. The number of aryl methyl sites for hydroxylation is 1. The van der Waals surface area contributed by atoms with E-state index in [1.807, 2.05) is 7.11 Å². The monoisotopic (exact) mass is 261 g/mol. The molecule has 1 unspecified atom stereocenters. The normalized spacial score (nSPS) is 29.2. The lowest BCUT2D eigenvalue weighted by molar-refractivity contribution is -0.0672. The molecule has 1 aromatic carbocycles. The second kappa shape index (κ2) is 6.06. The molecule has 1 atom stereocenters. The van der Waals surface area contributed by atoms with E-state index < -0.39 is 0 Å². The van der Waals surface area contributed by atoms with Crippen molar-refractivity contribution < 1.29 is 4.74 Å². The van der Waals surface area contributed by atoms with Crippen LogP contribution >= 0.6 is 0 Å². The molecule has 0 heterocycles. The number of hydrogen-bond acceptors (Lipinski definition) is 2. The number of hydrogen-bond donors (Lipinski definition) is 1. The van der Waals surface area contributed by atoms with Crippen LogP contribution in [0.2, 0.25) is 0 Å². The van der Waals surface area contributed by atoms with E-state index in [1.54, 1.807) is 0 Å². The van der Waals surface area contributed by atoms with E-state index in [4.69, 9.17) is 10.5 Å². The van der Waals surface area contributed by atoms with Crippen LogP contribution in [0, 0.1) is 5.92 Å². The van der Waals surface area contributed by atoms with Gasteiger partial charge in [0, 0.05) is 7.11 Å². The van der Waals surface area contributed by atoms with Gasteiger partial charge in [-0.05, 0) is 49.1 Å². The first kappa shape index (κ1) is 14.5. The molecule has 0 radical (unpaired) electrons. The van der Waals surface area contributed by atoms with Crippen molar-refractivity contribution in [1.29, 1.82) is 0 Å². The molecule has 1 aliphatic carbocycles. The van der Waals surface area contributed by atoms with Gasteiger partial charge < -0.3 is 10.5 Å². The molecule has 0 amide bonds. The molecule has 2 rings (SSSR count). The van der Waals surface area contributed by atoms with Crippen molar-refractivity contribution in [2.45, 2.75) is 57.6 Å². The van der Waals surface area contributed by atoms with Crippen LogP contribution in [0.3, 0.4) is 0 Å². The van der Waals surface area contributed by atoms with Crippen LogP contribution in [0.25, 0.3) is 0 Å². The first-order valence-electron chi connectivity index (χ1n) is 7.51. The molecule has 1 aromatic rings. The van der Waals surface area contributed by atoms with Crippen LogP contribution in [0.4, 0.5) is 0 Å². The standard InChI is InChI=1S/C17H27NO/c1-4-14-5-7-15(8-6-14)16(18)17(19-3)11-9-13(2)10-12-17/h5-8,13,16H,4,9-12,18H2,1-3H3.